The molecule has 8 nitrogen and oxygen atoms in total. The lowest BCUT2D eigenvalue weighted by Crippen LogP contribution is -2.35. The van der Waals surface area contributed by atoms with Gasteiger partial charge in [-0.1, -0.05) is 12.1 Å². The number of methoxy groups -OCH3 is 2. The van der Waals surface area contributed by atoms with E-state index in [-0.39, 0.29) is 20.5 Å². The highest BCUT2D eigenvalue weighted by molar-refractivity contribution is 7.94. The smallest absolute Gasteiger partial charge is 0.273 e. The molecule has 1 aliphatic heterocycles. The molecule has 0 radical (unpaired) electrons. The number of nitrogens with one attached hydrogen (secondary N) is 1. The number of benzene rings is 2. The first-order valence-electron chi connectivity index (χ1n) is 9.70. The molecule has 0 amide bonds. The second-order valence-corrected chi connectivity index (χ2v) is 11.8. The molecule has 1 aliphatic rings. The minimum atomic E-state index is -4.03. The number of hydrogen-bond donors (Lipinski definition) is 1. The summed E-state index contributed by atoms with van der Waals surface area (Å²) in [5, 5.41) is 1.71. The molecule has 1 N–H and O–H groups in total. The Bertz CT molecular complexity index is 1340. The van der Waals surface area contributed by atoms with E-state index in [1.54, 1.807) is 41.8 Å². The van der Waals surface area contributed by atoms with E-state index in [1.165, 1.54) is 30.7 Å². The maximum absolute atomic E-state index is 13.2. The van der Waals surface area contributed by atoms with Crippen molar-refractivity contribution in [1.82, 2.24) is 0 Å². The number of thiophene rings is 1. The zero-order valence-corrected chi connectivity index (χ0v) is 19.9. The molecule has 0 fully saturated rings. The first-order chi connectivity index (χ1) is 15.3. The molecule has 1 aromatic heterocycles. The van der Waals surface area contributed by atoms with Gasteiger partial charge in [0.1, 0.15) is 20.6 Å². The van der Waals surface area contributed by atoms with Crippen LogP contribution in [0.15, 0.2) is 63.0 Å². The number of fused-ring (bicyclic) bond motifs is 1. The topological polar surface area (TPSA) is 102 Å². The Balaban J connectivity index is 1.72. The van der Waals surface area contributed by atoms with Gasteiger partial charge < -0.3 is 9.47 Å². The summed E-state index contributed by atoms with van der Waals surface area (Å²) in [6.45, 7) is 0.327. The number of ether oxygens (including phenoxy) is 2. The summed E-state index contributed by atoms with van der Waals surface area (Å²) < 4.78 is 67.0. The summed E-state index contributed by atoms with van der Waals surface area (Å²) in [5.41, 5.74) is 1.57. The molecule has 4 rings (SSSR count). The summed E-state index contributed by atoms with van der Waals surface area (Å²) in [6, 6.07) is 12.7. The third kappa shape index (κ3) is 4.15. The fourth-order valence-electron chi connectivity index (χ4n) is 3.58. The number of anilines is 2. The van der Waals surface area contributed by atoms with Gasteiger partial charge in [-0.2, -0.15) is 0 Å². The van der Waals surface area contributed by atoms with Crippen LogP contribution in [0.4, 0.5) is 11.4 Å². The van der Waals surface area contributed by atoms with Gasteiger partial charge in [-0.15, -0.1) is 11.3 Å². The summed E-state index contributed by atoms with van der Waals surface area (Å²) in [4.78, 5) is -0.0832. The molecule has 32 heavy (non-hydrogen) atoms. The first-order valence-corrected chi connectivity index (χ1v) is 13.5. The van der Waals surface area contributed by atoms with Crippen LogP contribution in [-0.2, 0) is 26.5 Å². The molecule has 0 bridgehead atoms. The third-order valence-electron chi connectivity index (χ3n) is 5.11. The molecule has 0 saturated heterocycles. The van der Waals surface area contributed by atoms with Gasteiger partial charge in [0.25, 0.3) is 20.0 Å². The molecule has 11 heteroatoms. The van der Waals surface area contributed by atoms with Gasteiger partial charge in [0.15, 0.2) is 0 Å². The van der Waals surface area contributed by atoms with Crippen molar-refractivity contribution in [1.29, 1.82) is 0 Å². The highest BCUT2D eigenvalue weighted by Gasteiger charge is 2.30. The molecule has 0 saturated carbocycles. The Hall–Kier alpha value is -2.76. The normalized spacial score (nSPS) is 14.0. The van der Waals surface area contributed by atoms with Crippen molar-refractivity contribution in [3.63, 3.8) is 0 Å². The minimum Gasteiger partial charge on any atom is -0.497 e. The molecular weight excluding hydrogens is 472 g/mol. The van der Waals surface area contributed by atoms with Crippen molar-refractivity contribution < 1.29 is 26.3 Å². The van der Waals surface area contributed by atoms with Crippen molar-refractivity contribution in [3.8, 4) is 11.5 Å². The Labute approximate surface area is 191 Å². The predicted octanol–water partition coefficient (Wildman–Crippen LogP) is 3.71. The average Bonchev–Trinajstić information content (AvgIpc) is 3.34. The summed E-state index contributed by atoms with van der Waals surface area (Å²) >= 11 is 1.15. The van der Waals surface area contributed by atoms with E-state index in [0.717, 1.165) is 16.9 Å². The van der Waals surface area contributed by atoms with Gasteiger partial charge in [0.2, 0.25) is 0 Å². The van der Waals surface area contributed by atoms with E-state index in [2.05, 4.69) is 4.72 Å². The second-order valence-electron chi connectivity index (χ2n) is 7.08. The Morgan fingerprint density at radius 3 is 2.50 bits per heavy atom. The number of aryl methyl sites for hydroxylation is 1. The van der Waals surface area contributed by atoms with Crippen LogP contribution in [0.5, 0.6) is 11.5 Å². The molecule has 0 atom stereocenters. The van der Waals surface area contributed by atoms with Gasteiger partial charge in [-0.25, -0.2) is 16.8 Å². The van der Waals surface area contributed by atoms with Crippen molar-refractivity contribution in [2.75, 3.05) is 29.8 Å². The number of hydrogen-bond acceptors (Lipinski definition) is 7. The van der Waals surface area contributed by atoms with E-state index in [0.29, 0.717) is 30.8 Å². The molecule has 0 unspecified atom stereocenters. The monoisotopic (exact) mass is 494 g/mol. The molecule has 2 heterocycles. The van der Waals surface area contributed by atoms with Crippen LogP contribution in [0.2, 0.25) is 0 Å². The van der Waals surface area contributed by atoms with Gasteiger partial charge in [-0.3, -0.25) is 9.03 Å². The van der Waals surface area contributed by atoms with Crippen LogP contribution in [0.25, 0.3) is 0 Å². The molecular formula is C21H22N2O6S3. The van der Waals surface area contributed by atoms with E-state index in [9.17, 15) is 16.8 Å². The van der Waals surface area contributed by atoms with Crippen LogP contribution < -0.4 is 18.5 Å². The lowest BCUT2D eigenvalue weighted by Gasteiger charge is -2.30. The lowest BCUT2D eigenvalue weighted by atomic mass is 10.0. The van der Waals surface area contributed by atoms with Crippen LogP contribution in [0, 0.1) is 0 Å². The maximum Gasteiger partial charge on any atom is 0.273 e. The van der Waals surface area contributed by atoms with Gasteiger partial charge in [0, 0.05) is 12.6 Å². The zero-order valence-electron chi connectivity index (χ0n) is 17.4. The number of nitrogens with zero attached hydrogens (tertiary/aromatic N) is 1. The van der Waals surface area contributed by atoms with E-state index in [1.807, 2.05) is 0 Å². The second kappa shape index (κ2) is 8.64. The highest BCUT2D eigenvalue weighted by Crippen LogP contribution is 2.36. The Kier molecular flexibility index (Phi) is 6.06. The quantitative estimate of drug-likeness (QED) is 0.537. The van der Waals surface area contributed by atoms with Gasteiger partial charge in [0.05, 0.1) is 25.6 Å². The van der Waals surface area contributed by atoms with E-state index >= 15 is 0 Å². The fraction of sp³-hybridized carbons (Fsp3) is 0.238. The fourth-order valence-corrected chi connectivity index (χ4v) is 7.45. The predicted molar refractivity (Wildman–Crippen MR) is 124 cm³/mol. The van der Waals surface area contributed by atoms with Crippen molar-refractivity contribution in [2.45, 2.75) is 21.9 Å². The molecule has 2 aromatic carbocycles. The molecule has 170 valence electrons. The van der Waals surface area contributed by atoms with Crippen molar-refractivity contribution in [2.24, 2.45) is 0 Å². The first kappa shape index (κ1) is 22.4. The standard InChI is InChI=1S/C21H22N2O6S3/c1-28-17-9-10-19(29-2)20(14-17)31(24,25)22-16-8-7-15-5-3-11-23(18(15)13-16)32(26,27)21-6-4-12-30-21/h4,6-10,12-14,22H,3,5,11H2,1-2H3. The highest BCUT2D eigenvalue weighted by atomic mass is 32.2. The largest absolute Gasteiger partial charge is 0.497 e. The lowest BCUT2D eigenvalue weighted by molar-refractivity contribution is 0.392. The van der Waals surface area contributed by atoms with E-state index < -0.39 is 20.0 Å². The zero-order chi connectivity index (χ0) is 22.9. The maximum atomic E-state index is 13.2. The Morgan fingerprint density at radius 1 is 1.00 bits per heavy atom. The van der Waals surface area contributed by atoms with Gasteiger partial charge >= 0.3 is 0 Å². The van der Waals surface area contributed by atoms with Crippen LogP contribution in [0.1, 0.15) is 12.0 Å². The number of sulfonamides is 2. The summed E-state index contributed by atoms with van der Waals surface area (Å²) in [7, 11) is -4.93. The molecule has 0 aliphatic carbocycles. The van der Waals surface area contributed by atoms with Crippen LogP contribution in [0.3, 0.4) is 0 Å². The van der Waals surface area contributed by atoms with E-state index in [4.69, 9.17) is 9.47 Å². The van der Waals surface area contributed by atoms with Crippen molar-refractivity contribution in [3.05, 3.63) is 59.5 Å². The van der Waals surface area contributed by atoms with Crippen LogP contribution in [-0.4, -0.2) is 37.6 Å². The average molecular weight is 495 g/mol. The SMILES string of the molecule is COc1ccc(OC)c(S(=O)(=O)Nc2ccc3c(c2)N(S(=O)(=O)c2cccs2)CCC3)c1. The summed E-state index contributed by atoms with van der Waals surface area (Å²) in [5.74, 6) is 0.531. The Morgan fingerprint density at radius 2 is 1.81 bits per heavy atom. The van der Waals surface area contributed by atoms with Gasteiger partial charge in [-0.05, 0) is 54.1 Å². The molecule has 3 aromatic rings. The number of rotatable bonds is 7. The third-order valence-corrected chi connectivity index (χ3v) is 9.70. The molecule has 0 spiro atoms. The minimum absolute atomic E-state index is 0.0832. The summed E-state index contributed by atoms with van der Waals surface area (Å²) in [6.07, 6.45) is 1.40. The van der Waals surface area contributed by atoms with Crippen molar-refractivity contribution >= 4 is 42.8 Å². The van der Waals surface area contributed by atoms with Crippen LogP contribution >= 0.6 is 11.3 Å².